The molecule has 0 heteroatoms. The standard InChI is InChI=1S/C10H16/c1-4-10-6-5-8(2)9(3)7-10/h7H,4-6H2,1-3H3. The summed E-state index contributed by atoms with van der Waals surface area (Å²) >= 11 is 0. The highest BCUT2D eigenvalue weighted by atomic mass is 14.1. The van der Waals surface area contributed by atoms with E-state index in [9.17, 15) is 0 Å². The van der Waals surface area contributed by atoms with E-state index in [0.29, 0.717) is 0 Å². The van der Waals surface area contributed by atoms with Crippen LogP contribution in [0.3, 0.4) is 0 Å². The van der Waals surface area contributed by atoms with E-state index in [0.717, 1.165) is 0 Å². The topological polar surface area (TPSA) is 0 Å². The van der Waals surface area contributed by atoms with E-state index in [4.69, 9.17) is 0 Å². The predicted octanol–water partition coefficient (Wildman–Crippen LogP) is 3.45. The molecular weight excluding hydrogens is 120 g/mol. The maximum absolute atomic E-state index is 2.35. The Labute approximate surface area is 63.6 Å². The largest absolute Gasteiger partial charge is 0.0701 e. The highest BCUT2D eigenvalue weighted by Crippen LogP contribution is 2.24. The molecule has 0 nitrogen and oxygen atoms in total. The van der Waals surface area contributed by atoms with Gasteiger partial charge in [-0.05, 0) is 33.1 Å². The van der Waals surface area contributed by atoms with Crippen molar-refractivity contribution >= 4 is 0 Å². The molecule has 0 spiro atoms. The molecule has 0 saturated carbocycles. The van der Waals surface area contributed by atoms with Crippen molar-refractivity contribution in [2.75, 3.05) is 0 Å². The maximum atomic E-state index is 2.35. The second-order valence-corrected chi connectivity index (χ2v) is 3.12. The Balaban J connectivity index is 2.76. The molecule has 0 amide bonds. The van der Waals surface area contributed by atoms with Gasteiger partial charge >= 0.3 is 0 Å². The molecule has 0 bridgehead atoms. The molecule has 1 rings (SSSR count). The van der Waals surface area contributed by atoms with Crippen molar-refractivity contribution < 1.29 is 0 Å². The van der Waals surface area contributed by atoms with Gasteiger partial charge in [0.15, 0.2) is 0 Å². The van der Waals surface area contributed by atoms with Crippen LogP contribution in [0.1, 0.15) is 40.0 Å². The second-order valence-electron chi connectivity index (χ2n) is 3.12. The van der Waals surface area contributed by atoms with Gasteiger partial charge in [0.2, 0.25) is 0 Å². The summed E-state index contributed by atoms with van der Waals surface area (Å²) in [7, 11) is 0. The molecular formula is C10H16. The summed E-state index contributed by atoms with van der Waals surface area (Å²) < 4.78 is 0. The first kappa shape index (κ1) is 7.59. The van der Waals surface area contributed by atoms with Gasteiger partial charge in [-0.25, -0.2) is 0 Å². The van der Waals surface area contributed by atoms with E-state index in [1.54, 1.807) is 11.1 Å². The molecule has 1 aliphatic carbocycles. The summed E-state index contributed by atoms with van der Waals surface area (Å²) in [5.41, 5.74) is 4.67. The summed E-state index contributed by atoms with van der Waals surface area (Å²) in [6.45, 7) is 6.68. The van der Waals surface area contributed by atoms with Crippen molar-refractivity contribution in [3.8, 4) is 0 Å². The van der Waals surface area contributed by atoms with E-state index in [2.05, 4.69) is 26.8 Å². The summed E-state index contributed by atoms with van der Waals surface area (Å²) in [6.07, 6.45) is 6.15. The Morgan fingerprint density at radius 2 is 2.00 bits per heavy atom. The Bertz CT molecular complexity index is 182. The summed E-state index contributed by atoms with van der Waals surface area (Å²) in [6, 6.07) is 0. The maximum Gasteiger partial charge on any atom is -0.0280 e. The molecule has 0 aromatic heterocycles. The van der Waals surface area contributed by atoms with Crippen LogP contribution in [0, 0.1) is 0 Å². The van der Waals surface area contributed by atoms with E-state index in [-0.39, 0.29) is 0 Å². The van der Waals surface area contributed by atoms with Gasteiger partial charge in [0.25, 0.3) is 0 Å². The van der Waals surface area contributed by atoms with Gasteiger partial charge < -0.3 is 0 Å². The average molecular weight is 136 g/mol. The molecule has 0 aromatic carbocycles. The summed E-state index contributed by atoms with van der Waals surface area (Å²) in [5.74, 6) is 0. The molecule has 0 fully saturated rings. The zero-order chi connectivity index (χ0) is 7.56. The Morgan fingerprint density at radius 3 is 2.50 bits per heavy atom. The molecule has 0 N–H and O–H groups in total. The van der Waals surface area contributed by atoms with E-state index in [1.807, 2.05) is 0 Å². The van der Waals surface area contributed by atoms with Crippen LogP contribution in [-0.2, 0) is 0 Å². The summed E-state index contributed by atoms with van der Waals surface area (Å²) in [5, 5.41) is 0. The average Bonchev–Trinajstić information content (AvgIpc) is 1.95. The lowest BCUT2D eigenvalue weighted by Crippen LogP contribution is -1.93. The molecule has 0 radical (unpaired) electrons. The van der Waals surface area contributed by atoms with Crippen LogP contribution in [0.4, 0.5) is 0 Å². The van der Waals surface area contributed by atoms with Gasteiger partial charge in [-0.2, -0.15) is 0 Å². The fourth-order valence-electron chi connectivity index (χ4n) is 1.33. The first-order valence-electron chi connectivity index (χ1n) is 4.10. The normalized spacial score (nSPS) is 19.3. The van der Waals surface area contributed by atoms with Gasteiger partial charge in [-0.1, -0.05) is 29.7 Å². The first-order chi connectivity index (χ1) is 4.74. The highest BCUT2D eigenvalue weighted by molar-refractivity contribution is 5.30. The highest BCUT2D eigenvalue weighted by Gasteiger charge is 2.04. The number of allylic oxidation sites excluding steroid dienone is 4. The quantitative estimate of drug-likeness (QED) is 0.518. The minimum Gasteiger partial charge on any atom is -0.0701 e. The van der Waals surface area contributed by atoms with Crippen molar-refractivity contribution in [1.29, 1.82) is 0 Å². The lowest BCUT2D eigenvalue weighted by Gasteiger charge is -2.13. The number of rotatable bonds is 1. The molecule has 56 valence electrons. The minimum atomic E-state index is 1.23. The molecule has 0 saturated heterocycles. The monoisotopic (exact) mass is 136 g/mol. The van der Waals surface area contributed by atoms with E-state index < -0.39 is 0 Å². The van der Waals surface area contributed by atoms with Crippen LogP contribution >= 0.6 is 0 Å². The molecule has 0 atom stereocenters. The zero-order valence-corrected chi connectivity index (χ0v) is 7.20. The molecule has 1 aliphatic rings. The number of hydrogen-bond acceptors (Lipinski definition) is 0. The van der Waals surface area contributed by atoms with Crippen LogP contribution in [0.15, 0.2) is 22.8 Å². The fraction of sp³-hybridized carbons (Fsp3) is 0.600. The van der Waals surface area contributed by atoms with Crippen molar-refractivity contribution in [2.24, 2.45) is 0 Å². The van der Waals surface area contributed by atoms with Crippen molar-refractivity contribution in [3.05, 3.63) is 22.8 Å². The third-order valence-electron chi connectivity index (χ3n) is 2.37. The lowest BCUT2D eigenvalue weighted by molar-refractivity contribution is 0.843. The van der Waals surface area contributed by atoms with Gasteiger partial charge in [0.1, 0.15) is 0 Å². The molecule has 0 heterocycles. The predicted molar refractivity (Wildman–Crippen MR) is 46.0 cm³/mol. The van der Waals surface area contributed by atoms with Crippen molar-refractivity contribution in [2.45, 2.75) is 40.0 Å². The van der Waals surface area contributed by atoms with Gasteiger partial charge in [-0.15, -0.1) is 0 Å². The Morgan fingerprint density at radius 1 is 1.30 bits per heavy atom. The van der Waals surface area contributed by atoms with Crippen molar-refractivity contribution in [3.63, 3.8) is 0 Å². The lowest BCUT2D eigenvalue weighted by atomic mass is 9.93. The molecule has 0 aromatic rings. The first-order valence-corrected chi connectivity index (χ1v) is 4.10. The van der Waals surface area contributed by atoms with E-state index in [1.165, 1.54) is 24.8 Å². The molecule has 10 heavy (non-hydrogen) atoms. The smallest absolute Gasteiger partial charge is 0.0280 e. The third-order valence-corrected chi connectivity index (χ3v) is 2.37. The fourth-order valence-corrected chi connectivity index (χ4v) is 1.33. The molecule has 0 unspecified atom stereocenters. The Kier molecular flexibility index (Phi) is 2.31. The zero-order valence-electron chi connectivity index (χ0n) is 7.20. The molecule has 0 aliphatic heterocycles. The number of hydrogen-bond donors (Lipinski definition) is 0. The van der Waals surface area contributed by atoms with E-state index >= 15 is 0 Å². The minimum absolute atomic E-state index is 1.23. The van der Waals surface area contributed by atoms with Gasteiger partial charge in [0.05, 0.1) is 0 Å². The summed E-state index contributed by atoms with van der Waals surface area (Å²) in [4.78, 5) is 0. The van der Waals surface area contributed by atoms with Crippen LogP contribution in [0.25, 0.3) is 0 Å². The van der Waals surface area contributed by atoms with Crippen LogP contribution in [0.2, 0.25) is 0 Å². The van der Waals surface area contributed by atoms with Gasteiger partial charge in [0, 0.05) is 0 Å². The van der Waals surface area contributed by atoms with Crippen LogP contribution < -0.4 is 0 Å². The van der Waals surface area contributed by atoms with Crippen molar-refractivity contribution in [1.82, 2.24) is 0 Å². The van der Waals surface area contributed by atoms with Crippen LogP contribution in [0.5, 0.6) is 0 Å². The SMILES string of the molecule is CCC1=CC(C)=C(C)CC1. The van der Waals surface area contributed by atoms with Crippen LogP contribution in [-0.4, -0.2) is 0 Å². The second kappa shape index (κ2) is 3.05. The Hall–Kier alpha value is -0.520. The van der Waals surface area contributed by atoms with Gasteiger partial charge in [-0.3, -0.25) is 0 Å². The third kappa shape index (κ3) is 1.50.